The number of ether oxygens (including phenoxy) is 1. The van der Waals surface area contributed by atoms with Crippen LogP contribution in [0.3, 0.4) is 0 Å². The van der Waals surface area contributed by atoms with Gasteiger partial charge in [-0.2, -0.15) is 0 Å². The maximum Gasteiger partial charge on any atom is 0.261 e. The Morgan fingerprint density at radius 2 is 1.77 bits per heavy atom. The summed E-state index contributed by atoms with van der Waals surface area (Å²) in [5.74, 6) is 0.316. The zero-order valence-corrected chi connectivity index (χ0v) is 20.6. The average Bonchev–Trinajstić information content (AvgIpc) is 3.27. The van der Waals surface area contributed by atoms with E-state index in [0.717, 1.165) is 34.8 Å². The Balaban J connectivity index is 1.74. The van der Waals surface area contributed by atoms with Gasteiger partial charge in [0, 0.05) is 21.2 Å². The van der Waals surface area contributed by atoms with Crippen LogP contribution in [0.4, 0.5) is 0 Å². The fourth-order valence-electron chi connectivity index (χ4n) is 3.83. The molecule has 0 saturated heterocycles. The molecule has 166 valence electrons. The summed E-state index contributed by atoms with van der Waals surface area (Å²) in [7, 11) is 0. The van der Waals surface area contributed by atoms with Crippen LogP contribution in [0.25, 0.3) is 0 Å². The number of amides is 2. The number of rotatable bonds is 9. The van der Waals surface area contributed by atoms with E-state index in [1.807, 2.05) is 43.3 Å². The molecule has 5 nitrogen and oxygen atoms in total. The Hall–Kier alpha value is -1.80. The fraction of sp³-hybridized carbons (Fsp3) is 0.417. The average molecular weight is 555 g/mol. The Morgan fingerprint density at radius 1 is 1.13 bits per heavy atom. The smallest absolute Gasteiger partial charge is 0.261 e. The lowest BCUT2D eigenvalue weighted by Gasteiger charge is -2.31. The van der Waals surface area contributed by atoms with Crippen LogP contribution < -0.4 is 10.1 Å². The highest BCUT2D eigenvalue weighted by Gasteiger charge is 2.30. The van der Waals surface area contributed by atoms with Crippen molar-refractivity contribution in [1.29, 1.82) is 0 Å². The summed E-state index contributed by atoms with van der Waals surface area (Å²) in [6, 6.07) is 14.5. The number of nitrogens with zero attached hydrogens (tertiary/aromatic N) is 1. The molecule has 2 aromatic carbocycles. The summed E-state index contributed by atoms with van der Waals surface area (Å²) in [6.45, 7) is 2.13. The van der Waals surface area contributed by atoms with Crippen LogP contribution in [0, 0.1) is 3.57 Å². The number of halogens is 2. The van der Waals surface area contributed by atoms with Gasteiger partial charge in [-0.3, -0.25) is 9.59 Å². The summed E-state index contributed by atoms with van der Waals surface area (Å²) in [4.78, 5) is 27.9. The van der Waals surface area contributed by atoms with Gasteiger partial charge in [0.15, 0.2) is 6.61 Å². The zero-order valence-electron chi connectivity index (χ0n) is 17.7. The number of nitrogens with one attached hydrogen (secondary N) is 1. The summed E-state index contributed by atoms with van der Waals surface area (Å²) >= 11 is 8.23. The predicted octanol–water partition coefficient (Wildman–Crippen LogP) is 5.19. The first-order valence-corrected chi connectivity index (χ1v) is 12.1. The first-order valence-electron chi connectivity index (χ1n) is 10.7. The van der Waals surface area contributed by atoms with Crippen molar-refractivity contribution in [2.75, 3.05) is 6.61 Å². The molecule has 0 unspecified atom stereocenters. The molecule has 31 heavy (non-hydrogen) atoms. The van der Waals surface area contributed by atoms with E-state index < -0.39 is 6.04 Å². The second-order valence-corrected chi connectivity index (χ2v) is 9.49. The van der Waals surface area contributed by atoms with Crippen LogP contribution in [-0.2, 0) is 16.1 Å². The second kappa shape index (κ2) is 11.7. The number of carbonyl (C=O) groups is 2. The van der Waals surface area contributed by atoms with Crippen LogP contribution in [0.2, 0.25) is 5.02 Å². The molecule has 0 aliphatic heterocycles. The molecule has 2 amide bonds. The Kier molecular flexibility index (Phi) is 9.02. The summed E-state index contributed by atoms with van der Waals surface area (Å²) in [5.41, 5.74) is 0.916. The predicted molar refractivity (Wildman–Crippen MR) is 131 cm³/mol. The third-order valence-electron chi connectivity index (χ3n) is 5.53. The Bertz CT molecular complexity index is 867. The van der Waals surface area contributed by atoms with Crippen LogP contribution in [0.1, 0.15) is 44.6 Å². The van der Waals surface area contributed by atoms with Gasteiger partial charge in [0.2, 0.25) is 5.91 Å². The molecule has 0 spiro atoms. The van der Waals surface area contributed by atoms with E-state index in [-0.39, 0.29) is 24.5 Å². The molecule has 1 N–H and O–H groups in total. The van der Waals surface area contributed by atoms with Gasteiger partial charge in [0.1, 0.15) is 11.8 Å². The van der Waals surface area contributed by atoms with Gasteiger partial charge >= 0.3 is 0 Å². The van der Waals surface area contributed by atoms with Gasteiger partial charge in [-0.25, -0.2) is 0 Å². The van der Waals surface area contributed by atoms with Crippen LogP contribution >= 0.6 is 34.2 Å². The largest absolute Gasteiger partial charge is 0.484 e. The zero-order chi connectivity index (χ0) is 22.2. The van der Waals surface area contributed by atoms with Crippen molar-refractivity contribution in [3.63, 3.8) is 0 Å². The van der Waals surface area contributed by atoms with Crippen molar-refractivity contribution in [3.05, 3.63) is 62.7 Å². The Morgan fingerprint density at radius 3 is 2.39 bits per heavy atom. The first kappa shape index (κ1) is 23.9. The molecular formula is C24H28ClIN2O3. The van der Waals surface area contributed by atoms with Gasteiger partial charge in [0.05, 0.1) is 0 Å². The lowest BCUT2D eigenvalue weighted by Crippen LogP contribution is -2.52. The van der Waals surface area contributed by atoms with Crippen molar-refractivity contribution in [3.8, 4) is 5.75 Å². The van der Waals surface area contributed by atoms with Crippen molar-refractivity contribution in [2.45, 2.75) is 57.7 Å². The molecule has 0 heterocycles. The minimum Gasteiger partial charge on any atom is -0.484 e. The van der Waals surface area contributed by atoms with Gasteiger partial charge in [-0.1, -0.05) is 43.5 Å². The SMILES string of the molecule is CC[C@H](C(=O)NC1CCCC1)N(Cc1ccc(Cl)cc1)C(=O)COc1ccc(I)cc1. The molecule has 1 aliphatic rings. The van der Waals surface area contributed by atoms with E-state index in [4.69, 9.17) is 16.3 Å². The minimum absolute atomic E-state index is 0.0917. The van der Waals surface area contributed by atoms with E-state index in [9.17, 15) is 9.59 Å². The quantitative estimate of drug-likeness (QED) is 0.434. The van der Waals surface area contributed by atoms with E-state index in [1.54, 1.807) is 17.0 Å². The molecular weight excluding hydrogens is 527 g/mol. The summed E-state index contributed by atoms with van der Waals surface area (Å²) in [5, 5.41) is 3.78. The first-order chi connectivity index (χ1) is 15.0. The molecule has 1 atom stereocenters. The molecule has 0 aromatic heterocycles. The highest BCUT2D eigenvalue weighted by atomic mass is 127. The minimum atomic E-state index is -0.552. The normalized spacial score (nSPS) is 14.8. The van der Waals surface area contributed by atoms with E-state index >= 15 is 0 Å². The third kappa shape index (κ3) is 7.10. The maximum atomic E-state index is 13.2. The van der Waals surface area contributed by atoms with Gasteiger partial charge < -0.3 is 15.0 Å². The molecule has 1 aliphatic carbocycles. The van der Waals surface area contributed by atoms with E-state index in [1.165, 1.54) is 0 Å². The van der Waals surface area contributed by atoms with Gasteiger partial charge in [-0.05, 0) is 83.8 Å². The highest BCUT2D eigenvalue weighted by molar-refractivity contribution is 14.1. The molecule has 0 radical (unpaired) electrons. The van der Waals surface area contributed by atoms with Crippen molar-refractivity contribution < 1.29 is 14.3 Å². The lowest BCUT2D eigenvalue weighted by atomic mass is 10.1. The van der Waals surface area contributed by atoms with Crippen LogP contribution in [-0.4, -0.2) is 35.4 Å². The topological polar surface area (TPSA) is 58.6 Å². The molecule has 3 rings (SSSR count). The molecule has 7 heteroatoms. The maximum absolute atomic E-state index is 13.2. The molecule has 1 saturated carbocycles. The molecule has 1 fully saturated rings. The Labute approximate surface area is 202 Å². The number of hydrogen-bond acceptors (Lipinski definition) is 3. The van der Waals surface area contributed by atoms with Crippen LogP contribution in [0.15, 0.2) is 48.5 Å². The van der Waals surface area contributed by atoms with E-state index in [2.05, 4.69) is 27.9 Å². The number of hydrogen-bond donors (Lipinski definition) is 1. The van der Waals surface area contributed by atoms with E-state index in [0.29, 0.717) is 23.7 Å². The van der Waals surface area contributed by atoms with Crippen molar-refractivity contribution in [2.24, 2.45) is 0 Å². The third-order valence-corrected chi connectivity index (χ3v) is 6.50. The lowest BCUT2D eigenvalue weighted by molar-refractivity contribution is -0.143. The highest BCUT2D eigenvalue weighted by Crippen LogP contribution is 2.20. The second-order valence-electron chi connectivity index (χ2n) is 7.80. The fourth-order valence-corrected chi connectivity index (χ4v) is 4.32. The number of benzene rings is 2. The standard InChI is InChI=1S/C24H28ClIN2O3/c1-2-22(24(30)27-20-5-3-4-6-20)28(15-17-7-9-18(25)10-8-17)23(29)16-31-21-13-11-19(26)12-14-21/h7-14,20,22H,2-6,15-16H2,1H3,(H,27,30)/t22-/m1/s1. The van der Waals surface area contributed by atoms with Crippen molar-refractivity contribution in [1.82, 2.24) is 10.2 Å². The number of carbonyl (C=O) groups excluding carboxylic acids is 2. The van der Waals surface area contributed by atoms with Gasteiger partial charge in [-0.15, -0.1) is 0 Å². The molecule has 0 bridgehead atoms. The summed E-state index contributed by atoms with van der Waals surface area (Å²) in [6.07, 6.45) is 4.81. The van der Waals surface area contributed by atoms with Crippen molar-refractivity contribution >= 4 is 46.0 Å². The van der Waals surface area contributed by atoms with Gasteiger partial charge in [0.25, 0.3) is 5.91 Å². The monoisotopic (exact) mass is 554 g/mol. The van der Waals surface area contributed by atoms with Crippen LogP contribution in [0.5, 0.6) is 5.75 Å². The summed E-state index contributed by atoms with van der Waals surface area (Å²) < 4.78 is 6.81. The molecule has 2 aromatic rings.